The zero-order chi connectivity index (χ0) is 17.9. The van der Waals surface area contributed by atoms with Gasteiger partial charge < -0.3 is 5.32 Å². The molecule has 0 aliphatic carbocycles. The van der Waals surface area contributed by atoms with E-state index in [0.29, 0.717) is 23.2 Å². The molecule has 0 bridgehead atoms. The van der Waals surface area contributed by atoms with Crippen molar-refractivity contribution in [3.8, 4) is 0 Å². The minimum absolute atomic E-state index is 0.249. The number of carbonyl (C=O) groups excluding carboxylic acids is 1. The monoisotopic (exact) mass is 346 g/mol. The third-order valence-electron chi connectivity index (χ3n) is 3.63. The summed E-state index contributed by atoms with van der Waals surface area (Å²) >= 11 is 0. The normalized spacial score (nSPS) is 11.2. The highest BCUT2D eigenvalue weighted by molar-refractivity contribution is 7.92. The molecule has 2 aromatic carbocycles. The lowest BCUT2D eigenvalue weighted by atomic mass is 10.1. The molecule has 2 rings (SSSR count). The van der Waals surface area contributed by atoms with E-state index in [0.717, 1.165) is 5.56 Å². The molecule has 0 aliphatic rings. The van der Waals surface area contributed by atoms with Crippen molar-refractivity contribution < 1.29 is 13.2 Å². The molecule has 0 unspecified atom stereocenters. The maximum atomic E-state index is 12.8. The molecule has 2 aromatic rings. The number of amides is 1. The van der Waals surface area contributed by atoms with Gasteiger partial charge in [0, 0.05) is 6.54 Å². The lowest BCUT2D eigenvalue weighted by Gasteiger charge is -2.16. The molecule has 0 atom stereocenters. The minimum atomic E-state index is -3.79. The molecule has 0 spiro atoms. The van der Waals surface area contributed by atoms with Gasteiger partial charge in [-0.2, -0.15) is 0 Å². The Bertz CT molecular complexity index is 851. The van der Waals surface area contributed by atoms with Gasteiger partial charge in [-0.25, -0.2) is 8.42 Å². The lowest BCUT2D eigenvalue weighted by Crippen LogP contribution is -2.25. The highest BCUT2D eigenvalue weighted by Crippen LogP contribution is 2.25. The second-order valence-electron chi connectivity index (χ2n) is 5.74. The highest BCUT2D eigenvalue weighted by Gasteiger charge is 2.22. The molecule has 5 nitrogen and oxygen atoms in total. The molecule has 0 saturated carbocycles. The lowest BCUT2D eigenvalue weighted by molar-refractivity contribution is 0.0956. The number of aryl methyl sites for hydroxylation is 3. The Kier molecular flexibility index (Phi) is 5.29. The van der Waals surface area contributed by atoms with Crippen molar-refractivity contribution in [1.29, 1.82) is 0 Å². The van der Waals surface area contributed by atoms with E-state index in [1.54, 1.807) is 38.1 Å². The van der Waals surface area contributed by atoms with Crippen molar-refractivity contribution >= 4 is 21.6 Å². The first kappa shape index (κ1) is 18.0. The van der Waals surface area contributed by atoms with Gasteiger partial charge in [0.1, 0.15) is 0 Å². The van der Waals surface area contributed by atoms with E-state index in [1.165, 1.54) is 0 Å². The molecule has 24 heavy (non-hydrogen) atoms. The van der Waals surface area contributed by atoms with Crippen molar-refractivity contribution in [2.24, 2.45) is 0 Å². The van der Waals surface area contributed by atoms with E-state index in [-0.39, 0.29) is 16.5 Å². The van der Waals surface area contributed by atoms with Crippen LogP contribution in [0, 0.1) is 20.8 Å². The Morgan fingerprint density at radius 2 is 1.62 bits per heavy atom. The number of rotatable bonds is 5. The second-order valence-corrected chi connectivity index (χ2v) is 7.36. The largest absolute Gasteiger partial charge is 0.352 e. The number of hydrogen-bond donors (Lipinski definition) is 2. The number of anilines is 1. The number of sulfonamides is 1. The molecular formula is C18H22N2O3S. The fourth-order valence-corrected chi connectivity index (χ4v) is 4.35. The fourth-order valence-electron chi connectivity index (χ4n) is 2.81. The van der Waals surface area contributed by atoms with Gasteiger partial charge in [-0.1, -0.05) is 29.8 Å². The summed E-state index contributed by atoms with van der Waals surface area (Å²) in [5.74, 6) is -0.312. The van der Waals surface area contributed by atoms with Crippen LogP contribution in [0.15, 0.2) is 41.3 Å². The Hall–Kier alpha value is -2.34. The maximum absolute atomic E-state index is 12.8. The molecule has 0 fully saturated rings. The number of benzene rings is 2. The number of carbonyl (C=O) groups is 1. The summed E-state index contributed by atoms with van der Waals surface area (Å²) in [5, 5.41) is 2.68. The molecule has 128 valence electrons. The SMILES string of the molecule is CCNC(=O)c1ccccc1NS(=O)(=O)c1c(C)cc(C)cc1C. The van der Waals surface area contributed by atoms with Gasteiger partial charge in [0.25, 0.3) is 15.9 Å². The first-order chi connectivity index (χ1) is 11.3. The smallest absolute Gasteiger partial charge is 0.262 e. The van der Waals surface area contributed by atoms with Crippen LogP contribution in [0.2, 0.25) is 0 Å². The first-order valence-electron chi connectivity index (χ1n) is 7.74. The molecule has 0 aromatic heterocycles. The molecule has 0 heterocycles. The third kappa shape index (κ3) is 3.76. The van der Waals surface area contributed by atoms with E-state index in [9.17, 15) is 13.2 Å². The van der Waals surface area contributed by atoms with Crippen molar-refractivity contribution in [3.63, 3.8) is 0 Å². The van der Waals surface area contributed by atoms with Crippen molar-refractivity contribution in [2.45, 2.75) is 32.6 Å². The van der Waals surface area contributed by atoms with Gasteiger partial charge in [0.05, 0.1) is 16.1 Å². The van der Waals surface area contributed by atoms with E-state index < -0.39 is 10.0 Å². The molecule has 6 heteroatoms. The Labute approximate surface area is 143 Å². The molecule has 0 saturated heterocycles. The Balaban J connectivity index is 2.47. The summed E-state index contributed by atoms with van der Waals surface area (Å²) in [4.78, 5) is 12.4. The number of para-hydroxylation sites is 1. The van der Waals surface area contributed by atoms with E-state index in [2.05, 4.69) is 10.0 Å². The summed E-state index contributed by atoms with van der Waals surface area (Å²) in [6, 6.07) is 10.2. The number of nitrogens with one attached hydrogen (secondary N) is 2. The topological polar surface area (TPSA) is 75.3 Å². The predicted molar refractivity (Wildman–Crippen MR) is 95.9 cm³/mol. The van der Waals surface area contributed by atoms with Crippen LogP contribution < -0.4 is 10.0 Å². The third-order valence-corrected chi connectivity index (χ3v) is 5.30. The van der Waals surface area contributed by atoms with Crippen molar-refractivity contribution in [2.75, 3.05) is 11.3 Å². The molecule has 1 amide bonds. The Morgan fingerprint density at radius 3 is 2.21 bits per heavy atom. The number of hydrogen-bond acceptors (Lipinski definition) is 3. The fraction of sp³-hybridized carbons (Fsp3) is 0.278. The summed E-state index contributed by atoms with van der Waals surface area (Å²) in [6.45, 7) is 7.74. The summed E-state index contributed by atoms with van der Waals surface area (Å²) in [7, 11) is -3.79. The predicted octanol–water partition coefficient (Wildman–Crippen LogP) is 3.16. The average Bonchev–Trinajstić information content (AvgIpc) is 2.46. The summed E-state index contributed by atoms with van der Waals surface area (Å²) in [5.41, 5.74) is 2.92. The standard InChI is InChI=1S/C18H22N2O3S/c1-5-19-18(21)15-8-6-7-9-16(15)20-24(22,23)17-13(3)10-12(2)11-14(17)4/h6-11,20H,5H2,1-4H3,(H,19,21). The summed E-state index contributed by atoms with van der Waals surface area (Å²) < 4.78 is 28.2. The van der Waals surface area contributed by atoms with Gasteiger partial charge in [-0.05, 0) is 51.0 Å². The van der Waals surface area contributed by atoms with Gasteiger partial charge in [-0.15, -0.1) is 0 Å². The van der Waals surface area contributed by atoms with Gasteiger partial charge in [0.15, 0.2) is 0 Å². The first-order valence-corrected chi connectivity index (χ1v) is 9.22. The van der Waals surface area contributed by atoms with Crippen LogP contribution in [0.1, 0.15) is 34.0 Å². The van der Waals surface area contributed by atoms with Gasteiger partial charge in [-0.3, -0.25) is 9.52 Å². The maximum Gasteiger partial charge on any atom is 0.262 e. The van der Waals surface area contributed by atoms with Crippen LogP contribution in [0.4, 0.5) is 5.69 Å². The minimum Gasteiger partial charge on any atom is -0.352 e. The Morgan fingerprint density at radius 1 is 1.04 bits per heavy atom. The van der Waals surface area contributed by atoms with Crippen LogP contribution >= 0.6 is 0 Å². The van der Waals surface area contributed by atoms with Crippen LogP contribution in [-0.2, 0) is 10.0 Å². The molecule has 2 N–H and O–H groups in total. The zero-order valence-electron chi connectivity index (χ0n) is 14.3. The molecular weight excluding hydrogens is 324 g/mol. The van der Waals surface area contributed by atoms with E-state index in [4.69, 9.17) is 0 Å². The molecule has 0 radical (unpaired) electrons. The zero-order valence-corrected chi connectivity index (χ0v) is 15.1. The van der Waals surface area contributed by atoms with Crippen LogP contribution in [0.3, 0.4) is 0 Å². The molecule has 0 aliphatic heterocycles. The highest BCUT2D eigenvalue weighted by atomic mass is 32.2. The van der Waals surface area contributed by atoms with Gasteiger partial charge in [0.2, 0.25) is 0 Å². The average molecular weight is 346 g/mol. The van der Waals surface area contributed by atoms with E-state index >= 15 is 0 Å². The van der Waals surface area contributed by atoms with E-state index in [1.807, 2.05) is 26.0 Å². The second kappa shape index (κ2) is 7.05. The van der Waals surface area contributed by atoms with Gasteiger partial charge >= 0.3 is 0 Å². The summed E-state index contributed by atoms with van der Waals surface area (Å²) in [6.07, 6.45) is 0. The quantitative estimate of drug-likeness (QED) is 0.873. The van der Waals surface area contributed by atoms with Crippen LogP contribution in [0.5, 0.6) is 0 Å². The van der Waals surface area contributed by atoms with Crippen LogP contribution in [-0.4, -0.2) is 20.9 Å². The van der Waals surface area contributed by atoms with Crippen LogP contribution in [0.25, 0.3) is 0 Å². The van der Waals surface area contributed by atoms with Crippen molar-refractivity contribution in [3.05, 3.63) is 58.7 Å². The van der Waals surface area contributed by atoms with Crippen molar-refractivity contribution in [1.82, 2.24) is 5.32 Å².